The van der Waals surface area contributed by atoms with Gasteiger partial charge in [0.25, 0.3) is 0 Å². The summed E-state index contributed by atoms with van der Waals surface area (Å²) in [7, 11) is 0. The average molecular weight is 260 g/mol. The van der Waals surface area contributed by atoms with Gasteiger partial charge < -0.3 is 10.2 Å². The Balaban J connectivity index is 2.35. The molecule has 92 valence electrons. The summed E-state index contributed by atoms with van der Waals surface area (Å²) in [6.45, 7) is 7.93. The van der Waals surface area contributed by atoms with Crippen molar-refractivity contribution in [3.05, 3.63) is 0 Å². The van der Waals surface area contributed by atoms with Crippen LogP contribution in [0.5, 0.6) is 0 Å². The highest BCUT2D eigenvalue weighted by Gasteiger charge is 2.21. The van der Waals surface area contributed by atoms with Crippen molar-refractivity contribution >= 4 is 34.2 Å². The smallest absolute Gasteiger partial charge is 0.233 e. The maximum Gasteiger partial charge on any atom is 0.233 e. The maximum atomic E-state index is 11.7. The number of hydrogen-bond donors (Lipinski definition) is 1. The number of nitrogens with one attached hydrogen (secondary N) is 1. The second kappa shape index (κ2) is 6.45. The van der Waals surface area contributed by atoms with Crippen LogP contribution in [0.3, 0.4) is 0 Å². The van der Waals surface area contributed by atoms with Crippen LogP contribution >= 0.6 is 24.0 Å². The molecule has 0 radical (unpaired) electrons. The molecule has 1 saturated heterocycles. The monoisotopic (exact) mass is 260 g/mol. The lowest BCUT2D eigenvalue weighted by molar-refractivity contribution is -0.120. The van der Waals surface area contributed by atoms with Crippen LogP contribution in [-0.2, 0) is 4.79 Å². The van der Waals surface area contributed by atoms with E-state index in [1.54, 1.807) is 0 Å². The Labute approximate surface area is 107 Å². The lowest BCUT2D eigenvalue weighted by atomic mass is 10.3. The van der Waals surface area contributed by atoms with E-state index < -0.39 is 0 Å². The van der Waals surface area contributed by atoms with Gasteiger partial charge in [0.2, 0.25) is 5.91 Å². The third-order valence-corrected chi connectivity index (χ3v) is 4.02. The number of likely N-dealkylation sites (tertiary alicyclic amines) is 1. The maximum absolute atomic E-state index is 11.7. The Kier molecular flexibility index (Phi) is 5.55. The van der Waals surface area contributed by atoms with E-state index >= 15 is 0 Å². The van der Waals surface area contributed by atoms with E-state index in [-0.39, 0.29) is 17.2 Å². The van der Waals surface area contributed by atoms with Gasteiger partial charge in [0.05, 0.1) is 5.25 Å². The van der Waals surface area contributed by atoms with Gasteiger partial charge in [-0.3, -0.25) is 4.79 Å². The molecule has 16 heavy (non-hydrogen) atoms. The van der Waals surface area contributed by atoms with Gasteiger partial charge in [-0.05, 0) is 33.6 Å². The molecule has 0 saturated carbocycles. The van der Waals surface area contributed by atoms with Crippen molar-refractivity contribution in [3.63, 3.8) is 0 Å². The minimum Gasteiger partial charge on any atom is -0.358 e. The highest BCUT2D eigenvalue weighted by atomic mass is 32.2. The molecule has 1 heterocycles. The van der Waals surface area contributed by atoms with Crippen molar-refractivity contribution in [2.45, 2.75) is 44.9 Å². The van der Waals surface area contributed by atoms with Crippen LogP contribution in [0.4, 0.5) is 0 Å². The molecular formula is C11H20N2OS2. The molecule has 1 fully saturated rings. The molecule has 1 rings (SSSR count). The third-order valence-electron chi connectivity index (χ3n) is 2.44. The van der Waals surface area contributed by atoms with Gasteiger partial charge in [0.15, 0.2) is 0 Å². The molecule has 0 aromatic rings. The Morgan fingerprint density at radius 3 is 2.38 bits per heavy atom. The van der Waals surface area contributed by atoms with Crippen LogP contribution in [0.2, 0.25) is 0 Å². The molecule has 1 aliphatic rings. The number of hydrogen-bond acceptors (Lipinski definition) is 3. The van der Waals surface area contributed by atoms with Gasteiger partial charge in [-0.2, -0.15) is 0 Å². The third kappa shape index (κ3) is 4.29. The lowest BCUT2D eigenvalue weighted by Gasteiger charge is -2.20. The second-order valence-electron chi connectivity index (χ2n) is 4.38. The first-order chi connectivity index (χ1) is 7.50. The summed E-state index contributed by atoms with van der Waals surface area (Å²) in [6, 6.07) is 0.191. The van der Waals surface area contributed by atoms with Crippen molar-refractivity contribution < 1.29 is 4.79 Å². The van der Waals surface area contributed by atoms with Gasteiger partial charge in [0.1, 0.15) is 4.32 Å². The Hall–Kier alpha value is -0.290. The van der Waals surface area contributed by atoms with Gasteiger partial charge in [0, 0.05) is 19.1 Å². The molecule has 0 aromatic heterocycles. The Morgan fingerprint density at radius 2 is 1.88 bits per heavy atom. The first-order valence-electron chi connectivity index (χ1n) is 5.76. The highest BCUT2D eigenvalue weighted by molar-refractivity contribution is 8.23. The minimum atomic E-state index is -0.101. The van der Waals surface area contributed by atoms with Crippen LogP contribution < -0.4 is 5.32 Å². The quantitative estimate of drug-likeness (QED) is 0.787. The molecule has 0 spiro atoms. The molecular weight excluding hydrogens is 240 g/mol. The fraction of sp³-hybridized carbons (Fsp3) is 0.818. The van der Waals surface area contributed by atoms with Crippen molar-refractivity contribution in [3.8, 4) is 0 Å². The van der Waals surface area contributed by atoms with E-state index in [0.717, 1.165) is 17.4 Å². The molecule has 0 bridgehead atoms. The van der Waals surface area contributed by atoms with Crippen LogP contribution in [0, 0.1) is 0 Å². The fourth-order valence-electron chi connectivity index (χ4n) is 1.58. The van der Waals surface area contributed by atoms with Crippen LogP contribution in [-0.4, -0.2) is 39.5 Å². The number of rotatable bonds is 3. The summed E-state index contributed by atoms with van der Waals surface area (Å²) in [5.41, 5.74) is 0. The first kappa shape index (κ1) is 13.8. The minimum absolute atomic E-state index is 0.0709. The Bertz CT molecular complexity index is 263. The molecule has 1 aliphatic heterocycles. The number of nitrogens with zero attached hydrogens (tertiary/aromatic N) is 1. The summed E-state index contributed by atoms with van der Waals surface area (Å²) in [6.07, 6.45) is 2.43. The van der Waals surface area contributed by atoms with E-state index in [2.05, 4.69) is 10.2 Å². The van der Waals surface area contributed by atoms with Crippen molar-refractivity contribution in [1.29, 1.82) is 0 Å². The van der Waals surface area contributed by atoms with Gasteiger partial charge in [-0.1, -0.05) is 24.0 Å². The zero-order chi connectivity index (χ0) is 12.1. The first-order valence-corrected chi connectivity index (χ1v) is 7.05. The van der Waals surface area contributed by atoms with Crippen LogP contribution in [0.15, 0.2) is 0 Å². The second-order valence-corrected chi connectivity index (χ2v) is 6.36. The predicted molar refractivity (Wildman–Crippen MR) is 73.7 cm³/mol. The molecule has 5 heteroatoms. The van der Waals surface area contributed by atoms with Crippen LogP contribution in [0.25, 0.3) is 0 Å². The standard InChI is InChI=1S/C11H20N2OS2/c1-8(2)12-10(14)9(3)16-11(15)13-6-4-5-7-13/h8-9H,4-7H2,1-3H3,(H,12,14). The number of carbonyl (C=O) groups excluding carboxylic acids is 1. The Morgan fingerprint density at radius 1 is 1.31 bits per heavy atom. The number of amides is 1. The van der Waals surface area contributed by atoms with Gasteiger partial charge >= 0.3 is 0 Å². The number of thiocarbonyl (C=S) groups is 1. The van der Waals surface area contributed by atoms with Gasteiger partial charge in [-0.25, -0.2) is 0 Å². The van der Waals surface area contributed by atoms with Crippen molar-refractivity contribution in [1.82, 2.24) is 10.2 Å². The predicted octanol–water partition coefficient (Wildman–Crippen LogP) is 2.01. The topological polar surface area (TPSA) is 32.3 Å². The molecule has 1 atom stereocenters. The largest absolute Gasteiger partial charge is 0.358 e. The molecule has 3 nitrogen and oxygen atoms in total. The van der Waals surface area contributed by atoms with E-state index in [9.17, 15) is 4.79 Å². The summed E-state index contributed by atoms with van der Waals surface area (Å²) in [5, 5.41) is 2.80. The fourth-order valence-corrected chi connectivity index (χ4v) is 3.01. The van der Waals surface area contributed by atoms with E-state index in [4.69, 9.17) is 12.2 Å². The summed E-state index contributed by atoms with van der Waals surface area (Å²) in [5.74, 6) is 0.0709. The lowest BCUT2D eigenvalue weighted by Crippen LogP contribution is -2.37. The molecule has 1 amide bonds. The average Bonchev–Trinajstić information content (AvgIpc) is 2.68. The molecule has 1 N–H and O–H groups in total. The van der Waals surface area contributed by atoms with E-state index in [0.29, 0.717) is 0 Å². The summed E-state index contributed by atoms with van der Waals surface area (Å²) >= 11 is 6.82. The molecule has 0 aromatic carbocycles. The normalized spacial score (nSPS) is 17.6. The highest BCUT2D eigenvalue weighted by Crippen LogP contribution is 2.20. The van der Waals surface area contributed by atoms with E-state index in [1.807, 2.05) is 20.8 Å². The van der Waals surface area contributed by atoms with Gasteiger partial charge in [-0.15, -0.1) is 0 Å². The van der Waals surface area contributed by atoms with Crippen molar-refractivity contribution in [2.24, 2.45) is 0 Å². The van der Waals surface area contributed by atoms with Crippen LogP contribution in [0.1, 0.15) is 33.6 Å². The molecule has 0 aliphatic carbocycles. The van der Waals surface area contributed by atoms with Crippen molar-refractivity contribution in [2.75, 3.05) is 13.1 Å². The zero-order valence-electron chi connectivity index (χ0n) is 10.2. The van der Waals surface area contributed by atoms with E-state index in [1.165, 1.54) is 24.6 Å². The summed E-state index contributed by atoms with van der Waals surface area (Å²) < 4.78 is 0.865. The SMILES string of the molecule is CC(C)NC(=O)C(C)SC(=S)N1CCCC1. The number of carbonyl (C=O) groups is 1. The number of thioether (sulfide) groups is 1. The zero-order valence-corrected chi connectivity index (χ0v) is 11.8. The summed E-state index contributed by atoms with van der Waals surface area (Å²) in [4.78, 5) is 13.9. The molecule has 1 unspecified atom stereocenters.